The van der Waals surface area contributed by atoms with Crippen LogP contribution in [0.3, 0.4) is 0 Å². The van der Waals surface area contributed by atoms with Crippen molar-refractivity contribution in [1.29, 1.82) is 0 Å². The van der Waals surface area contributed by atoms with Crippen molar-refractivity contribution in [3.05, 3.63) is 145 Å². The molecule has 0 amide bonds. The third-order valence-electron chi connectivity index (χ3n) is 12.9. The van der Waals surface area contributed by atoms with Gasteiger partial charge in [-0.3, -0.25) is 4.98 Å². The molecule has 2 atom stereocenters. The summed E-state index contributed by atoms with van der Waals surface area (Å²) < 4.78 is 8.38. The lowest BCUT2D eigenvalue weighted by Crippen LogP contribution is -2.60. The zero-order valence-electron chi connectivity index (χ0n) is 28.5. The van der Waals surface area contributed by atoms with E-state index in [0.717, 1.165) is 18.4 Å². The lowest BCUT2D eigenvalue weighted by molar-refractivity contribution is 0.612. The molecule has 2 unspecified atom stereocenters. The number of thiophene rings is 2. The Bertz CT molecular complexity index is 3260. The summed E-state index contributed by atoms with van der Waals surface area (Å²) in [6.07, 6.45) is 16.0. The van der Waals surface area contributed by atoms with Crippen LogP contribution in [0.15, 0.2) is 139 Å². The fraction of sp³-hybridized carbons (Fsp3) is 0.0851. The van der Waals surface area contributed by atoms with Crippen LogP contribution in [0.1, 0.15) is 18.4 Å². The Kier molecular flexibility index (Phi) is 5.08. The van der Waals surface area contributed by atoms with E-state index in [-0.39, 0.29) is 12.8 Å². The van der Waals surface area contributed by atoms with Gasteiger partial charge in [0.2, 0.25) is 0 Å². The van der Waals surface area contributed by atoms with Gasteiger partial charge < -0.3 is 9.47 Å². The first kappa shape index (κ1) is 27.9. The molecule has 9 aromatic rings. The minimum atomic E-state index is 0.132. The summed E-state index contributed by atoms with van der Waals surface area (Å²) in [6.45, 7) is 0.132. The number of benzene rings is 5. The number of allylic oxidation sites excluding steroid dienone is 3. The molecule has 0 spiro atoms. The monoisotopic (exact) mass is 709 g/mol. The fourth-order valence-corrected chi connectivity index (χ4v) is 13.7. The van der Waals surface area contributed by atoms with Gasteiger partial charge in [-0.2, -0.15) is 0 Å². The highest BCUT2D eigenvalue weighted by atomic mass is 32.1. The number of aromatic nitrogens is 2. The van der Waals surface area contributed by atoms with Gasteiger partial charge in [0.15, 0.2) is 0 Å². The molecule has 0 N–H and O–H groups in total. The highest BCUT2D eigenvalue weighted by molar-refractivity contribution is 7.41. The van der Waals surface area contributed by atoms with Crippen LogP contribution in [0.2, 0.25) is 0 Å². The van der Waals surface area contributed by atoms with Crippen LogP contribution >= 0.6 is 22.7 Å². The largest absolute Gasteiger partial charge is 0.333 e. The molecule has 53 heavy (non-hydrogen) atoms. The maximum atomic E-state index is 4.64. The van der Waals surface area contributed by atoms with Gasteiger partial charge >= 0.3 is 0 Å². The highest BCUT2D eigenvalue weighted by Crippen LogP contribution is 2.55. The summed E-state index contributed by atoms with van der Waals surface area (Å²) in [5.41, 5.74) is 15.0. The Morgan fingerprint density at radius 2 is 1.57 bits per heavy atom. The Morgan fingerprint density at radius 1 is 0.755 bits per heavy atom. The number of pyridine rings is 1. The van der Waals surface area contributed by atoms with Crippen LogP contribution in [-0.4, -0.2) is 22.3 Å². The molecule has 0 bridgehead atoms. The van der Waals surface area contributed by atoms with Crippen molar-refractivity contribution in [3.63, 3.8) is 0 Å². The van der Waals surface area contributed by atoms with Crippen molar-refractivity contribution in [1.82, 2.24) is 9.55 Å². The normalized spacial score (nSPS) is 18.9. The first-order valence-electron chi connectivity index (χ1n) is 18.7. The lowest BCUT2D eigenvalue weighted by Gasteiger charge is -2.45. The van der Waals surface area contributed by atoms with E-state index in [4.69, 9.17) is 0 Å². The minimum Gasteiger partial charge on any atom is -0.333 e. The number of anilines is 2. The van der Waals surface area contributed by atoms with Crippen molar-refractivity contribution in [2.24, 2.45) is 5.92 Å². The van der Waals surface area contributed by atoms with Gasteiger partial charge in [-0.25, -0.2) is 0 Å². The average molecular weight is 710 g/mol. The molecule has 14 rings (SSSR count). The van der Waals surface area contributed by atoms with E-state index in [1.165, 1.54) is 102 Å². The van der Waals surface area contributed by atoms with Gasteiger partial charge in [0.05, 0.1) is 22.8 Å². The summed E-state index contributed by atoms with van der Waals surface area (Å²) in [4.78, 5) is 7.43. The van der Waals surface area contributed by atoms with Crippen LogP contribution in [0.25, 0.3) is 75.1 Å². The van der Waals surface area contributed by atoms with E-state index >= 15 is 0 Å². The number of rotatable bonds is 1. The molecule has 0 fully saturated rings. The Labute approximate surface area is 313 Å². The van der Waals surface area contributed by atoms with E-state index < -0.39 is 0 Å². The Morgan fingerprint density at radius 3 is 2.47 bits per heavy atom. The molecule has 5 aromatic carbocycles. The molecule has 246 valence electrons. The van der Waals surface area contributed by atoms with Gasteiger partial charge in [0, 0.05) is 70.4 Å². The summed E-state index contributed by atoms with van der Waals surface area (Å²) >= 11 is 4.04. The number of hydrogen-bond donors (Lipinski definition) is 0. The SMILES string of the molecule is C1=CC2C3C(=C1)CCC=C3c1cccc3sc4c(c13)N2c1cc(-c2cccnc2)cc2c1B4c1sc3cccc4c5cccc6cccc(c65)n-2c1c34. The summed E-state index contributed by atoms with van der Waals surface area (Å²) in [5.74, 6) is 0.323. The molecular formula is C47H28BN3S2. The fourth-order valence-electron chi connectivity index (χ4n) is 10.9. The van der Waals surface area contributed by atoms with Gasteiger partial charge in [-0.05, 0) is 87.6 Å². The number of nitrogens with zero attached hydrogens (tertiary/aromatic N) is 3. The van der Waals surface area contributed by atoms with Gasteiger partial charge in [-0.15, -0.1) is 22.7 Å². The van der Waals surface area contributed by atoms with Crippen LogP contribution in [0.4, 0.5) is 11.4 Å². The average Bonchev–Trinajstić information content (AvgIpc) is 3.72. The molecule has 7 heterocycles. The van der Waals surface area contributed by atoms with Crippen molar-refractivity contribution in [2.75, 3.05) is 4.90 Å². The summed E-state index contributed by atoms with van der Waals surface area (Å²) in [6, 6.07) is 37.3. The molecule has 3 nitrogen and oxygen atoms in total. The quantitative estimate of drug-likeness (QED) is 0.158. The first-order valence-corrected chi connectivity index (χ1v) is 20.3. The summed E-state index contributed by atoms with van der Waals surface area (Å²) in [7, 11) is 0. The van der Waals surface area contributed by atoms with Gasteiger partial charge in [-0.1, -0.05) is 90.5 Å². The maximum Gasteiger partial charge on any atom is 0.277 e. The highest BCUT2D eigenvalue weighted by Gasteiger charge is 2.50. The first-order chi connectivity index (χ1) is 26.3. The molecule has 3 aliphatic heterocycles. The molecule has 0 saturated heterocycles. The minimum absolute atomic E-state index is 0.132. The van der Waals surface area contributed by atoms with Crippen molar-refractivity contribution >= 4 is 114 Å². The van der Waals surface area contributed by atoms with E-state index in [0.29, 0.717) is 5.92 Å². The molecule has 2 aliphatic carbocycles. The Balaban J connectivity index is 1.24. The maximum absolute atomic E-state index is 4.64. The van der Waals surface area contributed by atoms with Crippen LogP contribution < -0.4 is 19.9 Å². The number of hydrogen-bond acceptors (Lipinski definition) is 4. The number of fused-ring (bicyclic) bond motifs is 8. The van der Waals surface area contributed by atoms with Gasteiger partial charge in [0.1, 0.15) is 0 Å². The second kappa shape index (κ2) is 9.64. The van der Waals surface area contributed by atoms with Crippen LogP contribution in [0, 0.1) is 5.92 Å². The molecule has 0 radical (unpaired) electrons. The third-order valence-corrected chi connectivity index (χ3v) is 15.3. The van der Waals surface area contributed by atoms with E-state index in [2.05, 4.69) is 136 Å². The lowest BCUT2D eigenvalue weighted by atomic mass is 9.39. The topological polar surface area (TPSA) is 21.1 Å². The standard InChI is InChI=1S/C47H28BN3S2/c1-8-25-10-3-17-33-39(25)29(13-1)31-15-5-19-37-41(31)44-46(52-37)48-43-35(50(33)44)22-28(27-12-7-21-49-24-27)23-36(43)51-34-18-4-11-26-9-2-14-30(40(26)34)32-16-6-20-38-42(32)45(51)47(48)53-38/h1,3-8,10-24,34,40H,2,9H2. The predicted octanol–water partition coefficient (Wildman–Crippen LogP) is 10.4. The molecule has 0 saturated carbocycles. The van der Waals surface area contributed by atoms with E-state index in [1.807, 2.05) is 35.1 Å². The van der Waals surface area contributed by atoms with E-state index in [1.54, 1.807) is 5.57 Å². The van der Waals surface area contributed by atoms with Crippen molar-refractivity contribution < 1.29 is 0 Å². The van der Waals surface area contributed by atoms with Crippen molar-refractivity contribution in [2.45, 2.75) is 18.9 Å². The molecule has 5 aliphatic rings. The zero-order chi connectivity index (χ0) is 34.1. The van der Waals surface area contributed by atoms with Crippen LogP contribution in [-0.2, 0) is 0 Å². The Hall–Kier alpha value is -5.69. The van der Waals surface area contributed by atoms with Crippen LogP contribution in [0.5, 0.6) is 0 Å². The van der Waals surface area contributed by atoms with E-state index in [9.17, 15) is 0 Å². The van der Waals surface area contributed by atoms with Gasteiger partial charge in [0.25, 0.3) is 6.71 Å². The zero-order valence-corrected chi connectivity index (χ0v) is 30.1. The molecule has 6 heteroatoms. The molecular weight excluding hydrogens is 681 g/mol. The smallest absolute Gasteiger partial charge is 0.277 e. The second-order valence-corrected chi connectivity index (χ2v) is 17.4. The summed E-state index contributed by atoms with van der Waals surface area (Å²) in [5, 5.41) is 8.09. The predicted molar refractivity (Wildman–Crippen MR) is 227 cm³/mol. The second-order valence-electron chi connectivity index (χ2n) is 15.3. The van der Waals surface area contributed by atoms with Crippen molar-refractivity contribution in [3.8, 4) is 16.8 Å². The molecule has 4 aromatic heterocycles. The third kappa shape index (κ3) is 3.29.